The highest BCUT2D eigenvalue weighted by Crippen LogP contribution is 2.23. The predicted octanol–water partition coefficient (Wildman–Crippen LogP) is 1.74. The zero-order valence-corrected chi connectivity index (χ0v) is 8.58. The lowest BCUT2D eigenvalue weighted by molar-refractivity contribution is 1.04. The Morgan fingerprint density at radius 2 is 2.29 bits per heavy atom. The van der Waals surface area contributed by atoms with Crippen LogP contribution in [0.1, 0.15) is 12.6 Å². The summed E-state index contributed by atoms with van der Waals surface area (Å²) in [4.78, 5) is 4.21. The van der Waals surface area contributed by atoms with Crippen molar-refractivity contribution in [3.8, 4) is 11.3 Å². The lowest BCUT2D eigenvalue weighted by Gasteiger charge is -1.99. The molecule has 2 aromatic rings. The van der Waals surface area contributed by atoms with Crippen molar-refractivity contribution in [2.75, 3.05) is 5.73 Å². The molecule has 0 aliphatic carbocycles. The lowest BCUT2D eigenvalue weighted by atomic mass is 10.1. The summed E-state index contributed by atoms with van der Waals surface area (Å²) in [5.41, 5.74) is 8.46. The van der Waals surface area contributed by atoms with E-state index in [4.69, 9.17) is 5.73 Å². The van der Waals surface area contributed by atoms with Crippen LogP contribution < -0.4 is 5.73 Å². The number of pyridine rings is 1. The quantitative estimate of drug-likeness (QED) is 0.813. The van der Waals surface area contributed by atoms with E-state index >= 15 is 0 Å². The first-order valence-electron chi connectivity index (χ1n) is 4.34. The number of aryl methyl sites for hydroxylation is 1. The van der Waals surface area contributed by atoms with Crippen LogP contribution in [0.3, 0.4) is 0 Å². The van der Waals surface area contributed by atoms with Gasteiger partial charge < -0.3 is 5.73 Å². The van der Waals surface area contributed by atoms with Crippen molar-refractivity contribution in [2.45, 2.75) is 13.3 Å². The maximum absolute atomic E-state index is 5.68. The third-order valence-electron chi connectivity index (χ3n) is 1.97. The highest BCUT2D eigenvalue weighted by molar-refractivity contribution is 6.99. The Kier molecular flexibility index (Phi) is 2.41. The Morgan fingerprint density at radius 3 is 2.93 bits per heavy atom. The number of hydrogen-bond donors (Lipinski definition) is 1. The predicted molar refractivity (Wildman–Crippen MR) is 56.9 cm³/mol. The fourth-order valence-corrected chi connectivity index (χ4v) is 1.71. The molecule has 0 fully saturated rings. The number of rotatable bonds is 2. The molecule has 5 heteroatoms. The van der Waals surface area contributed by atoms with Crippen molar-refractivity contribution >= 4 is 17.5 Å². The topological polar surface area (TPSA) is 64.7 Å². The van der Waals surface area contributed by atoms with Crippen LogP contribution in [0.25, 0.3) is 11.3 Å². The second kappa shape index (κ2) is 3.71. The number of hydrogen-bond acceptors (Lipinski definition) is 5. The maximum atomic E-state index is 5.68. The third-order valence-corrected chi connectivity index (χ3v) is 2.51. The van der Waals surface area contributed by atoms with Gasteiger partial charge in [0.2, 0.25) is 0 Å². The van der Waals surface area contributed by atoms with Crippen LogP contribution in [0.2, 0.25) is 0 Å². The van der Waals surface area contributed by atoms with Crippen LogP contribution in [-0.2, 0) is 6.42 Å². The van der Waals surface area contributed by atoms with Crippen molar-refractivity contribution in [3.05, 3.63) is 24.0 Å². The molecule has 2 N–H and O–H groups in total. The zero-order valence-electron chi connectivity index (χ0n) is 7.77. The normalized spacial score (nSPS) is 10.4. The first-order chi connectivity index (χ1) is 6.81. The van der Waals surface area contributed by atoms with Gasteiger partial charge in [-0.25, -0.2) is 0 Å². The van der Waals surface area contributed by atoms with Gasteiger partial charge in [0, 0.05) is 17.5 Å². The molecule has 2 heterocycles. The fraction of sp³-hybridized carbons (Fsp3) is 0.222. The van der Waals surface area contributed by atoms with E-state index in [9.17, 15) is 0 Å². The van der Waals surface area contributed by atoms with Gasteiger partial charge in [0.1, 0.15) is 5.69 Å². The molecule has 0 unspecified atom stereocenters. The lowest BCUT2D eigenvalue weighted by Crippen LogP contribution is -1.91. The van der Waals surface area contributed by atoms with E-state index in [1.807, 2.05) is 12.1 Å². The molecule has 72 valence electrons. The number of nitrogens with zero attached hydrogens (tertiary/aromatic N) is 3. The highest BCUT2D eigenvalue weighted by atomic mass is 32.1. The van der Waals surface area contributed by atoms with Crippen LogP contribution in [0.4, 0.5) is 5.82 Å². The standard InChI is InChI=1S/C9H10N4S/c1-2-7-5-6(3-4-11-7)8-9(10)13-14-12-8/h3-5H,2H2,1H3,(H2,10,13). The Balaban J connectivity index is 2.47. The monoisotopic (exact) mass is 206 g/mol. The molecule has 4 nitrogen and oxygen atoms in total. The Bertz CT molecular complexity index is 438. The molecule has 0 aliphatic heterocycles. The number of nitrogen functional groups attached to an aromatic ring is 1. The number of anilines is 1. The van der Waals surface area contributed by atoms with Gasteiger partial charge in [-0.15, -0.1) is 0 Å². The van der Waals surface area contributed by atoms with Crippen molar-refractivity contribution in [1.82, 2.24) is 13.7 Å². The third kappa shape index (κ3) is 1.58. The minimum Gasteiger partial charge on any atom is -0.381 e. The number of aromatic nitrogens is 3. The van der Waals surface area contributed by atoms with Crippen LogP contribution >= 0.6 is 11.7 Å². The molecule has 0 amide bonds. The molecule has 14 heavy (non-hydrogen) atoms. The molecule has 2 rings (SSSR count). The largest absolute Gasteiger partial charge is 0.381 e. The molecule has 0 aliphatic rings. The van der Waals surface area contributed by atoms with Gasteiger partial charge in [-0.05, 0) is 18.6 Å². The minimum atomic E-state index is 0.489. The summed E-state index contributed by atoms with van der Waals surface area (Å²) >= 11 is 1.13. The molecule has 0 saturated heterocycles. The van der Waals surface area contributed by atoms with E-state index in [1.165, 1.54) is 0 Å². The molecular weight excluding hydrogens is 196 g/mol. The van der Waals surface area contributed by atoms with Crippen LogP contribution in [-0.4, -0.2) is 13.7 Å². The first kappa shape index (κ1) is 9.08. The first-order valence-corrected chi connectivity index (χ1v) is 5.07. The van der Waals surface area contributed by atoms with Crippen molar-refractivity contribution in [1.29, 1.82) is 0 Å². The summed E-state index contributed by atoms with van der Waals surface area (Å²) in [5, 5.41) is 0. The summed E-state index contributed by atoms with van der Waals surface area (Å²) in [7, 11) is 0. The fourth-order valence-electron chi connectivity index (χ4n) is 1.21. The summed E-state index contributed by atoms with van der Waals surface area (Å²) in [6, 6.07) is 3.89. The van der Waals surface area contributed by atoms with Crippen LogP contribution in [0.15, 0.2) is 18.3 Å². The van der Waals surface area contributed by atoms with E-state index in [0.29, 0.717) is 5.82 Å². The molecule has 0 atom stereocenters. The zero-order chi connectivity index (χ0) is 9.97. The van der Waals surface area contributed by atoms with E-state index in [2.05, 4.69) is 20.7 Å². The van der Waals surface area contributed by atoms with Gasteiger partial charge in [0.05, 0.1) is 11.7 Å². The summed E-state index contributed by atoms with van der Waals surface area (Å²) < 4.78 is 8.08. The van der Waals surface area contributed by atoms with Gasteiger partial charge in [0.25, 0.3) is 0 Å². The van der Waals surface area contributed by atoms with E-state index in [-0.39, 0.29) is 0 Å². The van der Waals surface area contributed by atoms with Crippen molar-refractivity contribution < 1.29 is 0 Å². The molecule has 2 aromatic heterocycles. The van der Waals surface area contributed by atoms with E-state index in [1.54, 1.807) is 6.20 Å². The Labute approximate surface area is 86.1 Å². The highest BCUT2D eigenvalue weighted by Gasteiger charge is 2.07. The van der Waals surface area contributed by atoms with Crippen LogP contribution in [0, 0.1) is 0 Å². The van der Waals surface area contributed by atoms with Crippen LogP contribution in [0.5, 0.6) is 0 Å². The molecule has 0 saturated carbocycles. The van der Waals surface area contributed by atoms with Crippen molar-refractivity contribution in [3.63, 3.8) is 0 Å². The Morgan fingerprint density at radius 1 is 1.43 bits per heavy atom. The summed E-state index contributed by atoms with van der Waals surface area (Å²) in [6.45, 7) is 2.06. The number of nitrogens with two attached hydrogens (primary N) is 1. The van der Waals surface area contributed by atoms with Gasteiger partial charge >= 0.3 is 0 Å². The van der Waals surface area contributed by atoms with Gasteiger partial charge in [-0.2, -0.15) is 8.75 Å². The summed E-state index contributed by atoms with van der Waals surface area (Å²) in [5.74, 6) is 0.489. The van der Waals surface area contributed by atoms with Crippen molar-refractivity contribution in [2.24, 2.45) is 0 Å². The molecule has 0 radical (unpaired) electrons. The maximum Gasteiger partial charge on any atom is 0.165 e. The average Bonchev–Trinajstić information content (AvgIpc) is 2.65. The second-order valence-corrected chi connectivity index (χ2v) is 3.42. The van der Waals surface area contributed by atoms with E-state index < -0.39 is 0 Å². The van der Waals surface area contributed by atoms with E-state index in [0.717, 1.165) is 35.1 Å². The van der Waals surface area contributed by atoms with Gasteiger partial charge in [-0.1, -0.05) is 6.92 Å². The smallest absolute Gasteiger partial charge is 0.165 e. The van der Waals surface area contributed by atoms with Gasteiger partial charge in [-0.3, -0.25) is 4.98 Å². The Hall–Kier alpha value is -1.49. The second-order valence-electron chi connectivity index (χ2n) is 2.89. The molecule has 0 bridgehead atoms. The molecule has 0 spiro atoms. The minimum absolute atomic E-state index is 0.489. The summed E-state index contributed by atoms with van der Waals surface area (Å²) in [6.07, 6.45) is 2.68. The van der Waals surface area contributed by atoms with Gasteiger partial charge in [0.15, 0.2) is 5.82 Å². The average molecular weight is 206 g/mol. The SMILES string of the molecule is CCc1cc(-c2nsnc2N)ccn1. The molecule has 0 aromatic carbocycles. The molecular formula is C9H10N4S.